The second-order valence-corrected chi connectivity index (χ2v) is 4.76. The van der Waals surface area contributed by atoms with E-state index in [4.69, 9.17) is 0 Å². The Morgan fingerprint density at radius 3 is 2.89 bits per heavy atom. The maximum Gasteiger partial charge on any atom is 0.219 e. The summed E-state index contributed by atoms with van der Waals surface area (Å²) in [5.74, 6) is 0.0842. The molecule has 94 valence electrons. The topological polar surface area (TPSA) is 54.9 Å². The molecule has 0 spiro atoms. The van der Waals surface area contributed by atoms with Crippen molar-refractivity contribution in [2.45, 2.75) is 19.8 Å². The normalized spacial score (nSPS) is 10.3. The largest absolute Gasteiger partial charge is 0.356 e. The molecule has 0 radical (unpaired) electrons. The molecule has 0 saturated heterocycles. The Morgan fingerprint density at radius 2 is 2.17 bits per heavy atom. The van der Waals surface area contributed by atoms with Gasteiger partial charge < -0.3 is 5.32 Å². The zero-order chi connectivity index (χ0) is 12.8. The number of aromatic nitrogens is 2. The molecule has 5 heteroatoms. The molecular weight excluding hydrogens is 246 g/mol. The fourth-order valence-electron chi connectivity index (χ4n) is 1.51. The highest BCUT2D eigenvalue weighted by Gasteiger charge is 2.04. The van der Waals surface area contributed by atoms with Crippen molar-refractivity contribution < 1.29 is 4.79 Å². The first kappa shape index (κ1) is 12.7. The summed E-state index contributed by atoms with van der Waals surface area (Å²) in [5.41, 5.74) is 2.05. The van der Waals surface area contributed by atoms with Crippen LogP contribution in [0.2, 0.25) is 0 Å². The number of rotatable bonds is 5. The Kier molecular flexibility index (Phi) is 4.41. The molecule has 1 N–H and O–H groups in total. The molecule has 0 aromatic carbocycles. The predicted octanol–water partition coefficient (Wildman–Crippen LogP) is 2.27. The van der Waals surface area contributed by atoms with Gasteiger partial charge >= 0.3 is 0 Å². The minimum absolute atomic E-state index is 0.0842. The molecule has 2 rings (SSSR count). The van der Waals surface area contributed by atoms with Crippen LogP contribution < -0.4 is 5.32 Å². The van der Waals surface area contributed by atoms with Crippen LogP contribution in [-0.4, -0.2) is 22.4 Å². The Balaban J connectivity index is 1.93. The van der Waals surface area contributed by atoms with E-state index in [0.29, 0.717) is 13.0 Å². The van der Waals surface area contributed by atoms with Gasteiger partial charge in [0.1, 0.15) is 0 Å². The second-order valence-electron chi connectivity index (χ2n) is 3.82. The minimum atomic E-state index is 0.0842. The number of nitrogens with one attached hydrogen (secondary N) is 1. The maximum absolute atomic E-state index is 11.1. The molecule has 2 heterocycles. The van der Waals surface area contributed by atoms with Gasteiger partial charge in [-0.3, -0.25) is 9.78 Å². The Hall–Kier alpha value is -1.75. The Labute approximate surface area is 110 Å². The van der Waals surface area contributed by atoms with E-state index in [1.165, 1.54) is 0 Å². The summed E-state index contributed by atoms with van der Waals surface area (Å²) in [7, 11) is 0. The van der Waals surface area contributed by atoms with Gasteiger partial charge in [0.05, 0.1) is 10.7 Å². The maximum atomic E-state index is 11.1. The standard InChI is InChI=1S/C13H15N3OS/c1-2-12(17)15-8-5-13-16-11(9-18-13)10-3-6-14-7-4-10/h3-4,6-7,9H,2,5,8H2,1H3,(H,15,17). The molecule has 2 aromatic heterocycles. The number of nitrogens with zero attached hydrogens (tertiary/aromatic N) is 2. The fourth-order valence-corrected chi connectivity index (χ4v) is 2.32. The van der Waals surface area contributed by atoms with Gasteiger partial charge in [0.15, 0.2) is 0 Å². The molecule has 0 aliphatic rings. The molecule has 1 amide bonds. The molecule has 0 aliphatic heterocycles. The van der Waals surface area contributed by atoms with Crippen molar-refractivity contribution in [2.75, 3.05) is 6.54 Å². The summed E-state index contributed by atoms with van der Waals surface area (Å²) >= 11 is 1.62. The third-order valence-electron chi connectivity index (χ3n) is 2.51. The number of carbonyl (C=O) groups is 1. The summed E-state index contributed by atoms with van der Waals surface area (Å²) in [4.78, 5) is 19.6. The fraction of sp³-hybridized carbons (Fsp3) is 0.308. The van der Waals surface area contributed by atoms with Crippen molar-refractivity contribution in [3.63, 3.8) is 0 Å². The van der Waals surface area contributed by atoms with E-state index in [1.54, 1.807) is 23.7 Å². The smallest absolute Gasteiger partial charge is 0.219 e. The number of hydrogen-bond acceptors (Lipinski definition) is 4. The van der Waals surface area contributed by atoms with Gasteiger partial charge in [0.2, 0.25) is 5.91 Å². The highest BCUT2D eigenvalue weighted by atomic mass is 32.1. The van der Waals surface area contributed by atoms with Gasteiger partial charge in [0, 0.05) is 42.7 Å². The van der Waals surface area contributed by atoms with E-state index in [9.17, 15) is 4.79 Å². The molecule has 0 bridgehead atoms. The number of pyridine rings is 1. The molecule has 0 atom stereocenters. The Bertz CT molecular complexity index is 510. The van der Waals surface area contributed by atoms with Gasteiger partial charge in [-0.2, -0.15) is 0 Å². The Morgan fingerprint density at radius 1 is 1.39 bits per heavy atom. The quantitative estimate of drug-likeness (QED) is 0.898. The lowest BCUT2D eigenvalue weighted by Crippen LogP contribution is -2.24. The van der Waals surface area contributed by atoms with Crippen LogP contribution in [-0.2, 0) is 11.2 Å². The summed E-state index contributed by atoms with van der Waals surface area (Å²) in [5, 5.41) is 5.92. The average Bonchev–Trinajstić information content (AvgIpc) is 2.88. The van der Waals surface area contributed by atoms with Crippen molar-refractivity contribution in [3.05, 3.63) is 34.9 Å². The second kappa shape index (κ2) is 6.26. The van der Waals surface area contributed by atoms with E-state index in [0.717, 1.165) is 22.7 Å². The molecule has 0 saturated carbocycles. The van der Waals surface area contributed by atoms with Crippen LogP contribution in [0.5, 0.6) is 0 Å². The van der Waals surface area contributed by atoms with Crippen LogP contribution in [0.15, 0.2) is 29.9 Å². The third-order valence-corrected chi connectivity index (χ3v) is 3.42. The number of amides is 1. The summed E-state index contributed by atoms with van der Waals surface area (Å²) in [6.45, 7) is 2.50. The van der Waals surface area contributed by atoms with E-state index >= 15 is 0 Å². The van der Waals surface area contributed by atoms with Crippen LogP contribution in [0.3, 0.4) is 0 Å². The molecule has 0 fully saturated rings. The first-order valence-corrected chi connectivity index (χ1v) is 6.79. The van der Waals surface area contributed by atoms with E-state index in [-0.39, 0.29) is 5.91 Å². The zero-order valence-corrected chi connectivity index (χ0v) is 11.0. The highest BCUT2D eigenvalue weighted by Crippen LogP contribution is 2.21. The van der Waals surface area contributed by atoms with Gasteiger partial charge in [0.25, 0.3) is 0 Å². The van der Waals surface area contributed by atoms with Gasteiger partial charge in [-0.25, -0.2) is 4.98 Å². The van der Waals surface area contributed by atoms with Crippen LogP contribution in [0.4, 0.5) is 0 Å². The van der Waals surface area contributed by atoms with Gasteiger partial charge in [-0.1, -0.05) is 6.92 Å². The highest BCUT2D eigenvalue weighted by molar-refractivity contribution is 7.09. The monoisotopic (exact) mass is 261 g/mol. The number of carbonyl (C=O) groups excluding carboxylic acids is 1. The summed E-state index contributed by atoms with van der Waals surface area (Å²) < 4.78 is 0. The predicted molar refractivity (Wildman–Crippen MR) is 72.3 cm³/mol. The average molecular weight is 261 g/mol. The zero-order valence-electron chi connectivity index (χ0n) is 10.2. The van der Waals surface area contributed by atoms with Crippen molar-refractivity contribution in [3.8, 4) is 11.3 Å². The van der Waals surface area contributed by atoms with Crippen LogP contribution in [0, 0.1) is 0 Å². The van der Waals surface area contributed by atoms with Crippen LogP contribution in [0.1, 0.15) is 18.4 Å². The summed E-state index contributed by atoms with van der Waals surface area (Å²) in [6.07, 6.45) is 4.83. The van der Waals surface area contributed by atoms with Gasteiger partial charge in [-0.05, 0) is 12.1 Å². The van der Waals surface area contributed by atoms with E-state index in [1.807, 2.05) is 24.4 Å². The first-order valence-electron chi connectivity index (χ1n) is 5.91. The van der Waals surface area contributed by atoms with Crippen molar-refractivity contribution in [1.29, 1.82) is 0 Å². The third kappa shape index (κ3) is 3.37. The van der Waals surface area contributed by atoms with Crippen molar-refractivity contribution in [1.82, 2.24) is 15.3 Å². The molecule has 4 nitrogen and oxygen atoms in total. The van der Waals surface area contributed by atoms with Crippen LogP contribution >= 0.6 is 11.3 Å². The minimum Gasteiger partial charge on any atom is -0.356 e. The lowest BCUT2D eigenvalue weighted by molar-refractivity contribution is -0.120. The molecule has 0 unspecified atom stereocenters. The first-order chi connectivity index (χ1) is 8.79. The van der Waals surface area contributed by atoms with E-state index < -0.39 is 0 Å². The molecule has 18 heavy (non-hydrogen) atoms. The van der Waals surface area contributed by atoms with E-state index in [2.05, 4.69) is 15.3 Å². The lowest BCUT2D eigenvalue weighted by atomic mass is 10.2. The van der Waals surface area contributed by atoms with Crippen molar-refractivity contribution in [2.24, 2.45) is 0 Å². The number of hydrogen-bond donors (Lipinski definition) is 1. The van der Waals surface area contributed by atoms with Crippen LogP contribution in [0.25, 0.3) is 11.3 Å². The summed E-state index contributed by atoms with van der Waals surface area (Å²) in [6, 6.07) is 3.88. The SMILES string of the molecule is CCC(=O)NCCc1nc(-c2ccncc2)cs1. The molecule has 2 aromatic rings. The molecule has 0 aliphatic carbocycles. The molecular formula is C13H15N3OS. The van der Waals surface area contributed by atoms with Gasteiger partial charge in [-0.15, -0.1) is 11.3 Å². The van der Waals surface area contributed by atoms with Crippen molar-refractivity contribution >= 4 is 17.2 Å². The number of thiazole rings is 1. The lowest BCUT2D eigenvalue weighted by Gasteiger charge is -2.00.